The summed E-state index contributed by atoms with van der Waals surface area (Å²) in [6.45, 7) is 8.79. The monoisotopic (exact) mass is 316 g/mol. The summed E-state index contributed by atoms with van der Waals surface area (Å²) >= 11 is 0. The van der Waals surface area contributed by atoms with Crippen molar-refractivity contribution in [2.75, 3.05) is 0 Å². The maximum atomic E-state index is 11.9. The molecule has 1 N–H and O–H groups in total. The molecule has 3 heteroatoms. The number of fused-ring (bicyclic) bond motifs is 4. The quantitative estimate of drug-likeness (QED) is 0.692. The first kappa shape index (κ1) is 15.4. The molecule has 0 saturated heterocycles. The highest BCUT2D eigenvalue weighted by atomic mass is 16.5. The van der Waals surface area contributed by atoms with E-state index in [1.54, 1.807) is 0 Å². The van der Waals surface area contributed by atoms with Gasteiger partial charge in [-0.1, -0.05) is 32.4 Å². The molecule has 0 radical (unpaired) electrons. The fraction of sp³-hybridized carbons (Fsp3) is 0.750. The summed E-state index contributed by atoms with van der Waals surface area (Å²) in [6, 6.07) is 0. The van der Waals surface area contributed by atoms with Crippen molar-refractivity contribution in [2.24, 2.45) is 22.7 Å². The standard InChI is InChI=1S/C20H28O3/c1-11-13-9-12-5-6-16-19(2,3)17(21)7-8-20(16,4)14(12)10-15(13)23-18(11)22/h9,14-17,21H,5-8,10H2,1-4H3/t14-,15?,16-,17+,20+/m1/s1. The van der Waals surface area contributed by atoms with Gasteiger partial charge in [0.15, 0.2) is 0 Å². The average molecular weight is 316 g/mol. The minimum Gasteiger partial charge on any atom is -0.454 e. The summed E-state index contributed by atoms with van der Waals surface area (Å²) in [4.78, 5) is 11.9. The lowest BCUT2D eigenvalue weighted by Gasteiger charge is -2.60. The molecule has 0 bridgehead atoms. The molecule has 0 aromatic carbocycles. The molecule has 0 aromatic rings. The van der Waals surface area contributed by atoms with Gasteiger partial charge in [0.1, 0.15) is 6.10 Å². The number of aliphatic hydroxyl groups excluding tert-OH is 1. The number of carbonyl (C=O) groups is 1. The summed E-state index contributed by atoms with van der Waals surface area (Å²) in [6.07, 6.45) is 7.17. The van der Waals surface area contributed by atoms with Crippen LogP contribution in [0, 0.1) is 22.7 Å². The maximum absolute atomic E-state index is 11.9. The number of hydrogen-bond acceptors (Lipinski definition) is 3. The van der Waals surface area contributed by atoms with Crippen LogP contribution in [-0.2, 0) is 9.53 Å². The molecule has 23 heavy (non-hydrogen) atoms. The van der Waals surface area contributed by atoms with Crippen LogP contribution in [0.5, 0.6) is 0 Å². The van der Waals surface area contributed by atoms with Crippen LogP contribution in [0.4, 0.5) is 0 Å². The summed E-state index contributed by atoms with van der Waals surface area (Å²) in [5.41, 5.74) is 3.61. The lowest BCUT2D eigenvalue weighted by Crippen LogP contribution is -2.55. The van der Waals surface area contributed by atoms with Crippen molar-refractivity contribution < 1.29 is 14.6 Å². The van der Waals surface area contributed by atoms with Gasteiger partial charge in [-0.15, -0.1) is 0 Å². The van der Waals surface area contributed by atoms with Crippen molar-refractivity contribution in [2.45, 2.75) is 72.0 Å². The Morgan fingerprint density at radius 3 is 2.74 bits per heavy atom. The molecule has 3 aliphatic carbocycles. The Morgan fingerprint density at radius 2 is 2.00 bits per heavy atom. The number of ether oxygens (including phenoxy) is 1. The van der Waals surface area contributed by atoms with Crippen LogP contribution in [0.3, 0.4) is 0 Å². The van der Waals surface area contributed by atoms with Crippen LogP contribution < -0.4 is 0 Å². The zero-order chi connectivity index (χ0) is 16.6. The lowest BCUT2D eigenvalue weighted by atomic mass is 9.45. The second kappa shape index (κ2) is 4.72. The van der Waals surface area contributed by atoms with Crippen LogP contribution in [0.15, 0.2) is 22.8 Å². The molecule has 126 valence electrons. The van der Waals surface area contributed by atoms with Gasteiger partial charge in [0.2, 0.25) is 0 Å². The third kappa shape index (κ3) is 1.95. The van der Waals surface area contributed by atoms with Gasteiger partial charge in [0.05, 0.1) is 6.10 Å². The molecular formula is C20H28O3. The van der Waals surface area contributed by atoms with Gasteiger partial charge in [0.25, 0.3) is 0 Å². The van der Waals surface area contributed by atoms with Gasteiger partial charge in [-0.05, 0) is 61.7 Å². The third-order valence-electron chi connectivity index (χ3n) is 7.60. The van der Waals surface area contributed by atoms with E-state index in [-0.39, 0.29) is 29.0 Å². The molecule has 4 aliphatic rings. The van der Waals surface area contributed by atoms with Crippen molar-refractivity contribution in [3.05, 3.63) is 22.8 Å². The van der Waals surface area contributed by atoms with Crippen LogP contribution in [-0.4, -0.2) is 23.3 Å². The number of esters is 1. The Bertz CT molecular complexity index is 627. The number of aliphatic hydroxyl groups is 1. The minimum absolute atomic E-state index is 0.0308. The van der Waals surface area contributed by atoms with E-state index in [1.807, 2.05) is 6.92 Å². The summed E-state index contributed by atoms with van der Waals surface area (Å²) in [5, 5.41) is 10.5. The largest absolute Gasteiger partial charge is 0.454 e. The van der Waals surface area contributed by atoms with Gasteiger partial charge in [-0.3, -0.25) is 0 Å². The molecule has 0 aromatic heterocycles. The molecule has 4 rings (SSSR count). The number of carbonyl (C=O) groups excluding carboxylic acids is 1. The highest BCUT2D eigenvalue weighted by Crippen LogP contribution is 2.63. The van der Waals surface area contributed by atoms with Crippen molar-refractivity contribution in [3.63, 3.8) is 0 Å². The first-order valence-electron chi connectivity index (χ1n) is 9.05. The van der Waals surface area contributed by atoms with Crippen LogP contribution in [0.25, 0.3) is 0 Å². The minimum atomic E-state index is -0.197. The molecule has 3 nitrogen and oxygen atoms in total. The van der Waals surface area contributed by atoms with Crippen molar-refractivity contribution in [1.82, 2.24) is 0 Å². The zero-order valence-corrected chi connectivity index (χ0v) is 14.7. The first-order chi connectivity index (χ1) is 10.7. The van der Waals surface area contributed by atoms with E-state index in [4.69, 9.17) is 4.74 Å². The first-order valence-corrected chi connectivity index (χ1v) is 9.05. The predicted octanol–water partition coefficient (Wildman–Crippen LogP) is 3.77. The fourth-order valence-corrected chi connectivity index (χ4v) is 6.13. The molecule has 1 aliphatic heterocycles. The van der Waals surface area contributed by atoms with Gasteiger partial charge >= 0.3 is 5.97 Å². The van der Waals surface area contributed by atoms with Crippen LogP contribution in [0.2, 0.25) is 0 Å². The highest BCUT2D eigenvalue weighted by molar-refractivity contribution is 5.92. The molecule has 2 fully saturated rings. The molecule has 1 unspecified atom stereocenters. The number of allylic oxidation sites excluding steroid dienone is 1. The van der Waals surface area contributed by atoms with E-state index in [0.29, 0.717) is 11.8 Å². The third-order valence-corrected chi connectivity index (χ3v) is 7.60. The smallest absolute Gasteiger partial charge is 0.334 e. The Kier molecular flexibility index (Phi) is 3.17. The van der Waals surface area contributed by atoms with E-state index in [9.17, 15) is 9.90 Å². The van der Waals surface area contributed by atoms with E-state index < -0.39 is 0 Å². The van der Waals surface area contributed by atoms with Gasteiger partial charge < -0.3 is 9.84 Å². The van der Waals surface area contributed by atoms with Crippen LogP contribution >= 0.6 is 0 Å². The molecular weight excluding hydrogens is 288 g/mol. The zero-order valence-electron chi connectivity index (χ0n) is 14.7. The van der Waals surface area contributed by atoms with E-state index in [1.165, 1.54) is 5.57 Å². The summed E-state index contributed by atoms with van der Waals surface area (Å²) in [5.74, 6) is 0.881. The Balaban J connectivity index is 1.74. The predicted molar refractivity (Wildman–Crippen MR) is 88.6 cm³/mol. The molecule has 5 atom stereocenters. The van der Waals surface area contributed by atoms with Crippen molar-refractivity contribution in [3.8, 4) is 0 Å². The second-order valence-electron chi connectivity index (χ2n) is 8.95. The van der Waals surface area contributed by atoms with E-state index in [2.05, 4.69) is 26.8 Å². The topological polar surface area (TPSA) is 46.5 Å². The second-order valence-corrected chi connectivity index (χ2v) is 8.95. The van der Waals surface area contributed by atoms with Crippen LogP contribution in [0.1, 0.15) is 59.8 Å². The lowest BCUT2D eigenvalue weighted by molar-refractivity contribution is -0.145. The highest BCUT2D eigenvalue weighted by Gasteiger charge is 2.57. The number of hydrogen-bond donors (Lipinski definition) is 1. The molecule has 0 spiro atoms. The summed E-state index contributed by atoms with van der Waals surface area (Å²) in [7, 11) is 0. The molecule has 2 saturated carbocycles. The average Bonchev–Trinajstić information content (AvgIpc) is 2.77. The normalized spacial score (nSPS) is 44.9. The number of rotatable bonds is 0. The Hall–Kier alpha value is -1.09. The van der Waals surface area contributed by atoms with Gasteiger partial charge in [0, 0.05) is 11.1 Å². The maximum Gasteiger partial charge on any atom is 0.334 e. The van der Waals surface area contributed by atoms with Crippen molar-refractivity contribution in [1.29, 1.82) is 0 Å². The SMILES string of the molecule is CC1=C2C=C3CC[C@@H]4C(C)(C)[C@@H](O)CC[C@@]4(C)[C@@H]3CC2OC1=O. The fourth-order valence-electron chi connectivity index (χ4n) is 6.13. The Labute approximate surface area is 138 Å². The summed E-state index contributed by atoms with van der Waals surface area (Å²) < 4.78 is 5.62. The van der Waals surface area contributed by atoms with Gasteiger partial charge in [-0.2, -0.15) is 0 Å². The van der Waals surface area contributed by atoms with E-state index >= 15 is 0 Å². The van der Waals surface area contributed by atoms with Crippen molar-refractivity contribution >= 4 is 5.97 Å². The Morgan fingerprint density at radius 1 is 1.26 bits per heavy atom. The van der Waals surface area contributed by atoms with Gasteiger partial charge in [-0.25, -0.2) is 4.79 Å². The molecule has 1 heterocycles. The van der Waals surface area contributed by atoms with E-state index in [0.717, 1.165) is 43.3 Å². The molecule has 0 amide bonds.